The van der Waals surface area contributed by atoms with Crippen LogP contribution in [0.4, 0.5) is 0 Å². The predicted molar refractivity (Wildman–Crippen MR) is 105 cm³/mol. The number of thioether (sulfide) groups is 1. The normalized spacial score (nSPS) is 11.0. The average molecular weight is 344 g/mol. The van der Waals surface area contributed by atoms with E-state index in [0.717, 1.165) is 11.3 Å². The first-order chi connectivity index (χ1) is 12.3. The molecule has 2 nitrogen and oxygen atoms in total. The standard InChI is InChI=1S/C22H20N2S/c23-15-16-25-22(19-7-3-1-4-8-19,20-9-5-2-6-10-20)21-13-11-18(17-24)12-14-21/h1-14H,15-16,23H2. The molecule has 0 amide bonds. The summed E-state index contributed by atoms with van der Waals surface area (Å²) in [5.74, 6) is 0.837. The van der Waals surface area contributed by atoms with E-state index in [1.165, 1.54) is 11.1 Å². The predicted octanol–water partition coefficient (Wildman–Crippen LogP) is 4.54. The molecule has 2 N–H and O–H groups in total. The Morgan fingerprint density at radius 1 is 0.760 bits per heavy atom. The first-order valence-corrected chi connectivity index (χ1v) is 9.25. The highest BCUT2D eigenvalue weighted by Crippen LogP contribution is 2.48. The van der Waals surface area contributed by atoms with E-state index < -0.39 is 0 Å². The van der Waals surface area contributed by atoms with Crippen LogP contribution in [-0.4, -0.2) is 12.3 Å². The Morgan fingerprint density at radius 3 is 1.68 bits per heavy atom. The fourth-order valence-electron chi connectivity index (χ4n) is 3.09. The van der Waals surface area contributed by atoms with Gasteiger partial charge in [-0.3, -0.25) is 0 Å². The van der Waals surface area contributed by atoms with Crippen LogP contribution in [0.1, 0.15) is 22.3 Å². The smallest absolute Gasteiger partial charge is 0.0991 e. The zero-order chi connectivity index (χ0) is 17.5. The van der Waals surface area contributed by atoms with Gasteiger partial charge in [0.1, 0.15) is 0 Å². The summed E-state index contributed by atoms with van der Waals surface area (Å²) in [6, 6.07) is 31.1. The van der Waals surface area contributed by atoms with Crippen LogP contribution in [0.3, 0.4) is 0 Å². The molecule has 3 heteroatoms. The Labute approximate surface area is 153 Å². The largest absolute Gasteiger partial charge is 0.330 e. The van der Waals surface area contributed by atoms with Gasteiger partial charge in [-0.15, -0.1) is 11.8 Å². The Bertz CT molecular complexity index is 797. The molecule has 3 aromatic rings. The van der Waals surface area contributed by atoms with Crippen LogP contribution in [0.15, 0.2) is 84.9 Å². The van der Waals surface area contributed by atoms with Gasteiger partial charge in [0.25, 0.3) is 0 Å². The summed E-state index contributed by atoms with van der Waals surface area (Å²) in [6.45, 7) is 0.613. The van der Waals surface area contributed by atoms with Gasteiger partial charge >= 0.3 is 0 Å². The second-order valence-electron chi connectivity index (χ2n) is 5.74. The van der Waals surface area contributed by atoms with Crippen molar-refractivity contribution in [1.29, 1.82) is 5.26 Å². The third-order valence-electron chi connectivity index (χ3n) is 4.22. The fraction of sp³-hybridized carbons (Fsp3) is 0.136. The monoisotopic (exact) mass is 344 g/mol. The molecular weight excluding hydrogens is 324 g/mol. The van der Waals surface area contributed by atoms with Crippen molar-refractivity contribution in [3.05, 3.63) is 107 Å². The van der Waals surface area contributed by atoms with Crippen molar-refractivity contribution in [2.24, 2.45) is 5.73 Å². The van der Waals surface area contributed by atoms with Gasteiger partial charge in [0.2, 0.25) is 0 Å². The molecule has 0 bridgehead atoms. The van der Waals surface area contributed by atoms with Gasteiger partial charge in [0, 0.05) is 12.3 Å². The van der Waals surface area contributed by atoms with E-state index in [2.05, 4.69) is 66.7 Å². The van der Waals surface area contributed by atoms with Gasteiger partial charge < -0.3 is 5.73 Å². The number of benzene rings is 3. The number of hydrogen-bond acceptors (Lipinski definition) is 3. The van der Waals surface area contributed by atoms with Crippen LogP contribution >= 0.6 is 11.8 Å². The van der Waals surface area contributed by atoms with E-state index in [4.69, 9.17) is 11.0 Å². The van der Waals surface area contributed by atoms with Crippen molar-refractivity contribution < 1.29 is 0 Å². The molecule has 0 atom stereocenters. The molecule has 124 valence electrons. The Balaban J connectivity index is 2.25. The molecule has 0 heterocycles. The molecular formula is C22H20N2S. The van der Waals surface area contributed by atoms with Gasteiger partial charge in [-0.25, -0.2) is 0 Å². The van der Waals surface area contributed by atoms with E-state index in [9.17, 15) is 0 Å². The van der Waals surface area contributed by atoms with Gasteiger partial charge in [0.05, 0.1) is 16.4 Å². The molecule has 0 fully saturated rings. The second-order valence-corrected chi connectivity index (χ2v) is 7.05. The van der Waals surface area contributed by atoms with E-state index in [1.54, 1.807) is 0 Å². The molecule has 0 aromatic heterocycles. The highest BCUT2D eigenvalue weighted by molar-refractivity contribution is 8.00. The molecule has 3 aromatic carbocycles. The number of hydrogen-bond donors (Lipinski definition) is 1. The Kier molecular flexibility index (Phi) is 5.55. The van der Waals surface area contributed by atoms with E-state index in [-0.39, 0.29) is 4.75 Å². The molecule has 0 aliphatic heterocycles. The van der Waals surface area contributed by atoms with Crippen molar-refractivity contribution >= 4 is 11.8 Å². The molecule has 0 saturated carbocycles. The lowest BCUT2D eigenvalue weighted by Crippen LogP contribution is -2.27. The van der Waals surface area contributed by atoms with Crippen LogP contribution in [0.5, 0.6) is 0 Å². The van der Waals surface area contributed by atoms with Crippen molar-refractivity contribution in [1.82, 2.24) is 0 Å². The minimum absolute atomic E-state index is 0.351. The lowest BCUT2D eigenvalue weighted by Gasteiger charge is -2.35. The van der Waals surface area contributed by atoms with E-state index in [1.807, 2.05) is 36.0 Å². The third-order valence-corrected chi connectivity index (χ3v) is 5.80. The maximum absolute atomic E-state index is 9.14. The highest BCUT2D eigenvalue weighted by atomic mass is 32.2. The number of nitriles is 1. The third kappa shape index (κ3) is 3.46. The van der Waals surface area contributed by atoms with Crippen molar-refractivity contribution in [2.75, 3.05) is 12.3 Å². The first-order valence-electron chi connectivity index (χ1n) is 8.27. The minimum Gasteiger partial charge on any atom is -0.330 e. The van der Waals surface area contributed by atoms with Crippen molar-refractivity contribution in [3.8, 4) is 6.07 Å². The highest BCUT2D eigenvalue weighted by Gasteiger charge is 2.36. The quantitative estimate of drug-likeness (QED) is 0.668. The number of rotatable bonds is 6. The van der Waals surface area contributed by atoms with Crippen LogP contribution < -0.4 is 5.73 Å². The number of nitrogens with zero attached hydrogens (tertiary/aromatic N) is 1. The maximum atomic E-state index is 9.14. The SMILES string of the molecule is N#Cc1ccc(C(SCCN)(c2ccccc2)c2ccccc2)cc1. The lowest BCUT2D eigenvalue weighted by molar-refractivity contribution is 0.891. The molecule has 0 radical (unpaired) electrons. The Hall–Kier alpha value is -2.54. The van der Waals surface area contributed by atoms with E-state index >= 15 is 0 Å². The van der Waals surface area contributed by atoms with Crippen molar-refractivity contribution in [2.45, 2.75) is 4.75 Å². The zero-order valence-electron chi connectivity index (χ0n) is 13.9. The molecule has 0 saturated heterocycles. The summed E-state index contributed by atoms with van der Waals surface area (Å²) in [5, 5.41) is 9.14. The molecule has 0 spiro atoms. The summed E-state index contributed by atoms with van der Waals surface area (Å²) in [4.78, 5) is 0. The fourth-order valence-corrected chi connectivity index (χ4v) is 4.42. The summed E-state index contributed by atoms with van der Waals surface area (Å²) in [6.07, 6.45) is 0. The van der Waals surface area contributed by atoms with Gasteiger partial charge in [-0.05, 0) is 28.8 Å². The van der Waals surface area contributed by atoms with Crippen LogP contribution in [0.2, 0.25) is 0 Å². The second kappa shape index (κ2) is 8.02. The molecule has 0 aliphatic rings. The molecule has 0 unspecified atom stereocenters. The van der Waals surface area contributed by atoms with Crippen LogP contribution in [0, 0.1) is 11.3 Å². The first kappa shape index (κ1) is 17.3. The Morgan fingerprint density at radius 2 is 1.24 bits per heavy atom. The maximum Gasteiger partial charge on any atom is 0.0991 e. The van der Waals surface area contributed by atoms with E-state index in [0.29, 0.717) is 12.1 Å². The number of nitrogens with two attached hydrogens (primary N) is 1. The van der Waals surface area contributed by atoms with Gasteiger partial charge in [0.15, 0.2) is 0 Å². The van der Waals surface area contributed by atoms with Gasteiger partial charge in [-0.2, -0.15) is 5.26 Å². The molecule has 25 heavy (non-hydrogen) atoms. The lowest BCUT2D eigenvalue weighted by atomic mass is 9.84. The van der Waals surface area contributed by atoms with Gasteiger partial charge in [-0.1, -0.05) is 72.8 Å². The zero-order valence-corrected chi connectivity index (χ0v) is 14.7. The molecule has 3 rings (SSSR count). The van der Waals surface area contributed by atoms with Crippen molar-refractivity contribution in [3.63, 3.8) is 0 Å². The minimum atomic E-state index is -0.351. The molecule has 0 aliphatic carbocycles. The summed E-state index contributed by atoms with van der Waals surface area (Å²) in [7, 11) is 0. The summed E-state index contributed by atoms with van der Waals surface area (Å²) in [5.41, 5.74) is 10.1. The van der Waals surface area contributed by atoms with Crippen LogP contribution in [-0.2, 0) is 4.75 Å². The topological polar surface area (TPSA) is 49.8 Å². The average Bonchev–Trinajstić information content (AvgIpc) is 2.71. The van der Waals surface area contributed by atoms with Crippen LogP contribution in [0.25, 0.3) is 0 Å². The summed E-state index contributed by atoms with van der Waals surface area (Å²) < 4.78 is -0.351. The summed E-state index contributed by atoms with van der Waals surface area (Å²) >= 11 is 1.83.